The number of hydrogen-bond donors (Lipinski definition) is 1. The molecule has 0 spiro atoms. The molecule has 0 saturated carbocycles. The average Bonchev–Trinajstić information content (AvgIpc) is 1.99. The molecule has 1 unspecified atom stereocenters. The molecule has 1 N–H and O–H groups in total. The number of hydrogen-bond acceptors (Lipinski definition) is 2. The lowest BCUT2D eigenvalue weighted by Crippen LogP contribution is -2.47. The monoisotopic (exact) mass is 241 g/mol. The van der Waals surface area contributed by atoms with Crippen LogP contribution in [-0.4, -0.2) is 41.4 Å². The Kier molecular flexibility index (Phi) is 5.26. The van der Waals surface area contributed by atoms with E-state index < -0.39 is 24.2 Å². The van der Waals surface area contributed by atoms with Gasteiger partial charge in [-0.25, -0.2) is 0 Å². The highest BCUT2D eigenvalue weighted by atomic mass is 19.4. The largest absolute Gasteiger partial charge is 0.401 e. The molecule has 5 heteroatoms. The topological polar surface area (TPSA) is 23.5 Å². The van der Waals surface area contributed by atoms with Crippen molar-refractivity contribution >= 4 is 0 Å². The van der Waals surface area contributed by atoms with Gasteiger partial charge in [-0.15, -0.1) is 0 Å². The SMILES string of the molecule is CC(C)N(CC(F)(F)F)CC(C)(C)C(C)O. The van der Waals surface area contributed by atoms with Crippen molar-refractivity contribution in [2.75, 3.05) is 13.1 Å². The molecule has 0 rings (SSSR count). The molecule has 16 heavy (non-hydrogen) atoms. The first kappa shape index (κ1) is 15.7. The van der Waals surface area contributed by atoms with Gasteiger partial charge in [-0.1, -0.05) is 13.8 Å². The van der Waals surface area contributed by atoms with E-state index in [0.29, 0.717) is 0 Å². The van der Waals surface area contributed by atoms with Crippen LogP contribution in [0.15, 0.2) is 0 Å². The predicted octanol–water partition coefficient (Wildman–Crippen LogP) is 2.67. The van der Waals surface area contributed by atoms with Crippen molar-refractivity contribution in [3.63, 3.8) is 0 Å². The van der Waals surface area contributed by atoms with Crippen LogP contribution >= 0.6 is 0 Å². The Morgan fingerprint density at radius 3 is 1.75 bits per heavy atom. The highest BCUT2D eigenvalue weighted by molar-refractivity contribution is 4.81. The number of halogens is 3. The molecule has 0 saturated heterocycles. The Bertz CT molecular complexity index is 212. The van der Waals surface area contributed by atoms with Crippen LogP contribution in [0.3, 0.4) is 0 Å². The van der Waals surface area contributed by atoms with E-state index in [1.165, 1.54) is 4.90 Å². The van der Waals surface area contributed by atoms with Crippen LogP contribution < -0.4 is 0 Å². The molecule has 0 aromatic rings. The molecule has 1 atom stereocenters. The molecular weight excluding hydrogens is 219 g/mol. The van der Waals surface area contributed by atoms with E-state index in [1.54, 1.807) is 34.6 Å². The van der Waals surface area contributed by atoms with Crippen LogP contribution in [0.1, 0.15) is 34.6 Å². The fourth-order valence-electron chi connectivity index (χ4n) is 1.31. The van der Waals surface area contributed by atoms with Gasteiger partial charge in [0.2, 0.25) is 0 Å². The first-order chi connectivity index (χ1) is 6.96. The molecule has 0 aliphatic heterocycles. The Labute approximate surface area is 95.4 Å². The van der Waals surface area contributed by atoms with Gasteiger partial charge in [0.05, 0.1) is 12.6 Å². The second-order valence-electron chi connectivity index (χ2n) is 5.28. The molecule has 0 amide bonds. The predicted molar refractivity (Wildman–Crippen MR) is 58.2 cm³/mol. The summed E-state index contributed by atoms with van der Waals surface area (Å²) in [6.45, 7) is 7.88. The molecule has 0 fully saturated rings. The molecular formula is C11H22F3NO. The first-order valence-electron chi connectivity index (χ1n) is 5.44. The Morgan fingerprint density at radius 1 is 1.06 bits per heavy atom. The van der Waals surface area contributed by atoms with E-state index >= 15 is 0 Å². The summed E-state index contributed by atoms with van der Waals surface area (Å²) in [6, 6.07) is -0.195. The summed E-state index contributed by atoms with van der Waals surface area (Å²) in [4.78, 5) is 1.34. The molecule has 98 valence electrons. The molecule has 0 aliphatic rings. The minimum absolute atomic E-state index is 0.195. The standard InChI is InChI=1S/C11H22F3NO/c1-8(2)15(7-11(12,13)14)6-10(4,5)9(3)16/h8-9,16H,6-7H2,1-5H3. The lowest BCUT2D eigenvalue weighted by molar-refractivity contribution is -0.154. The summed E-state index contributed by atoms with van der Waals surface area (Å²) in [5, 5.41) is 9.50. The Balaban J connectivity index is 4.58. The van der Waals surface area contributed by atoms with E-state index in [1.807, 2.05) is 0 Å². The summed E-state index contributed by atoms with van der Waals surface area (Å²) in [6.07, 6.45) is -4.83. The average molecular weight is 241 g/mol. The lowest BCUT2D eigenvalue weighted by atomic mass is 9.86. The van der Waals surface area contributed by atoms with Gasteiger partial charge >= 0.3 is 6.18 Å². The maximum absolute atomic E-state index is 12.3. The smallest absolute Gasteiger partial charge is 0.393 e. The Hall–Kier alpha value is -0.290. The van der Waals surface area contributed by atoms with Gasteiger partial charge in [0.15, 0.2) is 0 Å². The quantitative estimate of drug-likeness (QED) is 0.800. The molecule has 0 aromatic carbocycles. The van der Waals surface area contributed by atoms with Gasteiger partial charge in [0.1, 0.15) is 0 Å². The zero-order valence-corrected chi connectivity index (χ0v) is 10.6. The van der Waals surface area contributed by atoms with Gasteiger partial charge in [0.25, 0.3) is 0 Å². The van der Waals surface area contributed by atoms with Gasteiger partial charge < -0.3 is 5.11 Å². The van der Waals surface area contributed by atoms with E-state index in [2.05, 4.69) is 0 Å². The highest BCUT2D eigenvalue weighted by Gasteiger charge is 2.35. The number of rotatable bonds is 5. The van der Waals surface area contributed by atoms with Crippen molar-refractivity contribution in [1.29, 1.82) is 0 Å². The maximum Gasteiger partial charge on any atom is 0.401 e. The molecule has 0 bridgehead atoms. The van der Waals surface area contributed by atoms with Crippen molar-refractivity contribution in [3.05, 3.63) is 0 Å². The molecule has 0 aliphatic carbocycles. The van der Waals surface area contributed by atoms with Crippen LogP contribution in [0, 0.1) is 5.41 Å². The molecule has 0 heterocycles. The van der Waals surface area contributed by atoms with Gasteiger partial charge in [0, 0.05) is 18.0 Å². The second kappa shape index (κ2) is 5.36. The van der Waals surface area contributed by atoms with E-state index in [4.69, 9.17) is 0 Å². The summed E-state index contributed by atoms with van der Waals surface area (Å²) in [5.41, 5.74) is -0.546. The fourth-order valence-corrected chi connectivity index (χ4v) is 1.31. The third kappa shape index (κ3) is 5.70. The van der Waals surface area contributed by atoms with Crippen molar-refractivity contribution in [3.8, 4) is 0 Å². The lowest BCUT2D eigenvalue weighted by Gasteiger charge is -2.37. The minimum Gasteiger partial charge on any atom is -0.393 e. The summed E-state index contributed by atoms with van der Waals surface area (Å²) < 4.78 is 37.0. The minimum atomic E-state index is -4.20. The van der Waals surface area contributed by atoms with E-state index in [9.17, 15) is 18.3 Å². The zero-order valence-electron chi connectivity index (χ0n) is 10.6. The third-order valence-corrected chi connectivity index (χ3v) is 2.85. The fraction of sp³-hybridized carbons (Fsp3) is 1.00. The summed E-state index contributed by atoms with van der Waals surface area (Å²) in [5.74, 6) is 0. The first-order valence-corrected chi connectivity index (χ1v) is 5.44. The molecule has 2 nitrogen and oxygen atoms in total. The molecule has 0 radical (unpaired) electrons. The van der Waals surface area contributed by atoms with E-state index in [-0.39, 0.29) is 12.6 Å². The van der Waals surface area contributed by atoms with Gasteiger partial charge in [-0.2, -0.15) is 13.2 Å². The van der Waals surface area contributed by atoms with Gasteiger partial charge in [-0.3, -0.25) is 4.90 Å². The van der Waals surface area contributed by atoms with Crippen LogP contribution in [-0.2, 0) is 0 Å². The summed E-state index contributed by atoms with van der Waals surface area (Å²) in [7, 11) is 0. The third-order valence-electron chi connectivity index (χ3n) is 2.85. The number of alkyl halides is 3. The van der Waals surface area contributed by atoms with Crippen LogP contribution in [0.5, 0.6) is 0 Å². The van der Waals surface area contributed by atoms with Crippen molar-refractivity contribution in [1.82, 2.24) is 4.90 Å². The number of nitrogens with zero attached hydrogens (tertiary/aromatic N) is 1. The molecule has 0 aromatic heterocycles. The van der Waals surface area contributed by atoms with Crippen LogP contribution in [0.4, 0.5) is 13.2 Å². The van der Waals surface area contributed by atoms with E-state index in [0.717, 1.165) is 0 Å². The number of aliphatic hydroxyl groups is 1. The van der Waals surface area contributed by atoms with Crippen LogP contribution in [0.2, 0.25) is 0 Å². The zero-order chi connectivity index (χ0) is 13.1. The Morgan fingerprint density at radius 2 is 1.50 bits per heavy atom. The van der Waals surface area contributed by atoms with Crippen molar-refractivity contribution < 1.29 is 18.3 Å². The maximum atomic E-state index is 12.3. The van der Waals surface area contributed by atoms with Crippen LogP contribution in [0.25, 0.3) is 0 Å². The summed E-state index contributed by atoms with van der Waals surface area (Å²) >= 11 is 0. The highest BCUT2D eigenvalue weighted by Crippen LogP contribution is 2.26. The van der Waals surface area contributed by atoms with Crippen molar-refractivity contribution in [2.24, 2.45) is 5.41 Å². The normalized spacial score (nSPS) is 15.9. The van der Waals surface area contributed by atoms with Gasteiger partial charge in [-0.05, 0) is 20.8 Å². The number of aliphatic hydroxyl groups excluding tert-OH is 1. The van der Waals surface area contributed by atoms with Crippen molar-refractivity contribution in [2.45, 2.75) is 52.9 Å². The second-order valence-corrected chi connectivity index (χ2v) is 5.28.